The van der Waals surface area contributed by atoms with Crippen LogP contribution >= 0.6 is 11.3 Å². The lowest BCUT2D eigenvalue weighted by Crippen LogP contribution is -2.53. The summed E-state index contributed by atoms with van der Waals surface area (Å²) in [7, 11) is 0. The van der Waals surface area contributed by atoms with Crippen molar-refractivity contribution in [2.75, 3.05) is 5.73 Å². The summed E-state index contributed by atoms with van der Waals surface area (Å²) in [4.78, 5) is 53.6. The molecule has 1 aromatic heterocycles. The van der Waals surface area contributed by atoms with E-state index in [9.17, 15) is 24.3 Å². The number of nitrogens with zero attached hydrogens (tertiary/aromatic N) is 2. The molecule has 2 aliphatic rings. The number of imide groups is 1. The van der Waals surface area contributed by atoms with Gasteiger partial charge in [-0.2, -0.15) is 0 Å². The van der Waals surface area contributed by atoms with Gasteiger partial charge in [-0.25, -0.2) is 9.59 Å². The maximum atomic E-state index is 13.4. The normalized spacial score (nSPS) is 17.7. The van der Waals surface area contributed by atoms with Gasteiger partial charge in [0.1, 0.15) is 16.6 Å². The third kappa shape index (κ3) is 3.70. The van der Waals surface area contributed by atoms with Gasteiger partial charge < -0.3 is 15.6 Å². The monoisotopic (exact) mass is 457 g/mol. The van der Waals surface area contributed by atoms with Crippen molar-refractivity contribution in [1.29, 1.82) is 0 Å². The molecule has 0 saturated carbocycles. The molecule has 32 heavy (non-hydrogen) atoms. The number of rotatable bonds is 2. The number of esters is 1. The first-order valence-corrected chi connectivity index (χ1v) is 10.9. The Bertz CT molecular complexity index is 1150. The zero-order valence-corrected chi connectivity index (χ0v) is 18.7. The molecule has 1 unspecified atom stereocenters. The number of amides is 3. The van der Waals surface area contributed by atoms with Crippen LogP contribution in [-0.4, -0.2) is 50.4 Å². The molecular weight excluding hydrogens is 434 g/mol. The third-order valence-corrected chi connectivity index (χ3v) is 6.47. The molecule has 0 aliphatic carbocycles. The Morgan fingerprint density at radius 1 is 1.19 bits per heavy atom. The molecule has 0 radical (unpaired) electrons. The summed E-state index contributed by atoms with van der Waals surface area (Å²) in [6.07, 6.45) is -1.35. The largest absolute Gasteiger partial charge is 0.465 e. The second-order valence-corrected chi connectivity index (χ2v) is 9.90. The highest BCUT2D eigenvalue weighted by atomic mass is 32.1. The van der Waals surface area contributed by atoms with E-state index in [1.807, 2.05) is 0 Å². The first-order chi connectivity index (χ1) is 15.0. The number of carboxylic acid groups (broad SMARTS) is 1. The third-order valence-electron chi connectivity index (χ3n) is 5.43. The molecule has 0 fully saturated rings. The van der Waals surface area contributed by atoms with Crippen LogP contribution in [0.2, 0.25) is 0 Å². The Morgan fingerprint density at radius 2 is 1.88 bits per heavy atom. The number of anilines is 1. The summed E-state index contributed by atoms with van der Waals surface area (Å²) in [6.45, 7) is 5.17. The minimum Gasteiger partial charge on any atom is -0.465 e. The SMILES string of the molecule is CC(C)(C)OC(=O)c1c(N)sc2c1CC(C(=O)N1Cc3ccccc3C1=O)N(C(=O)O)C2. The number of fused-ring (bicyclic) bond motifs is 2. The van der Waals surface area contributed by atoms with Gasteiger partial charge in [-0.15, -0.1) is 11.3 Å². The van der Waals surface area contributed by atoms with Gasteiger partial charge in [-0.3, -0.25) is 19.4 Å². The number of ether oxygens (including phenoxy) is 1. The quantitative estimate of drug-likeness (QED) is 0.524. The average molecular weight is 458 g/mol. The van der Waals surface area contributed by atoms with Crippen LogP contribution in [0, 0.1) is 0 Å². The van der Waals surface area contributed by atoms with Crippen molar-refractivity contribution in [3.05, 3.63) is 51.4 Å². The van der Waals surface area contributed by atoms with Gasteiger partial charge in [0.15, 0.2) is 0 Å². The second-order valence-electron chi connectivity index (χ2n) is 8.76. The number of hydrogen-bond donors (Lipinski definition) is 2. The van der Waals surface area contributed by atoms with Crippen LogP contribution in [0.15, 0.2) is 24.3 Å². The number of hydrogen-bond acceptors (Lipinski definition) is 7. The maximum Gasteiger partial charge on any atom is 0.408 e. The van der Waals surface area contributed by atoms with E-state index in [4.69, 9.17) is 10.5 Å². The zero-order chi connectivity index (χ0) is 23.4. The fourth-order valence-electron chi connectivity index (χ4n) is 4.03. The molecule has 2 aromatic rings. The van der Waals surface area contributed by atoms with E-state index < -0.39 is 35.5 Å². The van der Waals surface area contributed by atoms with Gasteiger partial charge in [0.2, 0.25) is 0 Å². The van der Waals surface area contributed by atoms with Gasteiger partial charge in [0, 0.05) is 16.9 Å². The summed E-state index contributed by atoms with van der Waals surface area (Å²) in [5, 5.41) is 9.97. The Balaban J connectivity index is 1.68. The minimum atomic E-state index is -1.29. The topological polar surface area (TPSA) is 130 Å². The molecule has 3 N–H and O–H groups in total. The lowest BCUT2D eigenvalue weighted by molar-refractivity contribution is -0.134. The van der Waals surface area contributed by atoms with Crippen LogP contribution in [0.25, 0.3) is 0 Å². The van der Waals surface area contributed by atoms with Crippen molar-refractivity contribution in [2.45, 2.75) is 51.9 Å². The Morgan fingerprint density at radius 3 is 2.50 bits per heavy atom. The van der Waals surface area contributed by atoms with E-state index >= 15 is 0 Å². The molecule has 3 amide bonds. The molecule has 168 valence electrons. The molecule has 9 nitrogen and oxygen atoms in total. The number of thiophene rings is 1. The number of carbonyl (C=O) groups is 4. The Hall–Kier alpha value is -3.40. The number of carbonyl (C=O) groups excluding carboxylic acids is 3. The fraction of sp³-hybridized carbons (Fsp3) is 0.364. The van der Waals surface area contributed by atoms with Gasteiger partial charge in [-0.05, 0) is 38.0 Å². The highest BCUT2D eigenvalue weighted by Crippen LogP contribution is 2.39. The molecule has 10 heteroatoms. The highest BCUT2D eigenvalue weighted by Gasteiger charge is 2.44. The van der Waals surface area contributed by atoms with Crippen LogP contribution in [0.4, 0.5) is 9.80 Å². The summed E-state index contributed by atoms with van der Waals surface area (Å²) in [5.74, 6) is -1.70. The molecule has 1 atom stereocenters. The van der Waals surface area contributed by atoms with E-state index in [0.29, 0.717) is 21.6 Å². The number of nitrogens with two attached hydrogens (primary N) is 1. The highest BCUT2D eigenvalue weighted by molar-refractivity contribution is 7.16. The molecule has 2 aliphatic heterocycles. The summed E-state index contributed by atoms with van der Waals surface area (Å²) < 4.78 is 5.47. The predicted molar refractivity (Wildman–Crippen MR) is 116 cm³/mol. The second kappa shape index (κ2) is 7.63. The smallest absolute Gasteiger partial charge is 0.408 e. The molecule has 1 aromatic carbocycles. The van der Waals surface area contributed by atoms with Crippen molar-refractivity contribution >= 4 is 40.2 Å². The minimum absolute atomic E-state index is 0.0666. The summed E-state index contributed by atoms with van der Waals surface area (Å²) in [6, 6.07) is 5.72. The van der Waals surface area contributed by atoms with E-state index in [-0.39, 0.29) is 30.1 Å². The maximum absolute atomic E-state index is 13.4. The zero-order valence-electron chi connectivity index (χ0n) is 17.9. The lowest BCUT2D eigenvalue weighted by atomic mass is 9.95. The summed E-state index contributed by atoms with van der Waals surface area (Å²) >= 11 is 1.11. The van der Waals surface area contributed by atoms with Crippen molar-refractivity contribution in [3.8, 4) is 0 Å². The van der Waals surface area contributed by atoms with Gasteiger partial charge >= 0.3 is 12.1 Å². The molecule has 0 bridgehead atoms. The summed E-state index contributed by atoms with van der Waals surface area (Å²) in [5.41, 5.74) is 7.14. The van der Waals surface area contributed by atoms with Crippen LogP contribution in [-0.2, 0) is 29.0 Å². The van der Waals surface area contributed by atoms with Crippen LogP contribution in [0.3, 0.4) is 0 Å². The first-order valence-electron chi connectivity index (χ1n) is 10.0. The molecule has 4 rings (SSSR count). The molecule has 0 spiro atoms. The van der Waals surface area contributed by atoms with Gasteiger partial charge in [-0.1, -0.05) is 18.2 Å². The van der Waals surface area contributed by atoms with Crippen molar-refractivity contribution < 1.29 is 29.0 Å². The van der Waals surface area contributed by atoms with Crippen molar-refractivity contribution in [1.82, 2.24) is 9.80 Å². The standard InChI is InChI=1S/C22H23N3O6S/c1-22(2,3)31-20(28)16-13-8-14(24(21(29)30)10-15(13)32-17(16)23)19(27)25-9-11-6-4-5-7-12(11)18(25)26/h4-7,14H,8-10,23H2,1-3H3,(H,29,30). The Kier molecular flexibility index (Phi) is 5.20. The van der Waals surface area contributed by atoms with E-state index in [1.165, 1.54) is 0 Å². The van der Waals surface area contributed by atoms with Crippen LogP contribution in [0.1, 0.15) is 57.5 Å². The number of nitrogen functional groups attached to an aromatic ring is 1. The lowest BCUT2D eigenvalue weighted by Gasteiger charge is -2.34. The van der Waals surface area contributed by atoms with Crippen molar-refractivity contribution in [3.63, 3.8) is 0 Å². The molecular formula is C22H23N3O6S. The van der Waals surface area contributed by atoms with E-state index in [0.717, 1.165) is 21.1 Å². The molecule has 0 saturated heterocycles. The fourth-order valence-corrected chi connectivity index (χ4v) is 5.12. The van der Waals surface area contributed by atoms with Gasteiger partial charge in [0.05, 0.1) is 18.7 Å². The average Bonchev–Trinajstić information content (AvgIpc) is 3.21. The van der Waals surface area contributed by atoms with Crippen LogP contribution in [0.5, 0.6) is 0 Å². The van der Waals surface area contributed by atoms with Gasteiger partial charge in [0.25, 0.3) is 11.8 Å². The molecule has 3 heterocycles. The van der Waals surface area contributed by atoms with Crippen molar-refractivity contribution in [2.24, 2.45) is 0 Å². The van der Waals surface area contributed by atoms with Crippen LogP contribution < -0.4 is 5.73 Å². The van der Waals surface area contributed by atoms with E-state index in [1.54, 1.807) is 45.0 Å². The first kappa shape index (κ1) is 21.8. The Labute approximate surface area is 188 Å². The predicted octanol–water partition coefficient (Wildman–Crippen LogP) is 2.87. The van der Waals surface area contributed by atoms with E-state index in [2.05, 4.69) is 0 Å². The number of benzene rings is 1.